The van der Waals surface area contributed by atoms with E-state index in [0.717, 1.165) is 61.5 Å². The molecule has 4 rings (SSSR count). The fourth-order valence-corrected chi connectivity index (χ4v) is 5.12. The number of carbonyl (C=O) groups excluding carboxylic acids is 1. The molecule has 1 amide bonds. The van der Waals surface area contributed by atoms with E-state index in [0.29, 0.717) is 31.2 Å². The van der Waals surface area contributed by atoms with Crippen LogP contribution in [-0.4, -0.2) is 48.6 Å². The molecule has 2 aliphatic heterocycles. The number of likely N-dealkylation sites (tertiary alicyclic amines) is 2. The SMILES string of the molecule is CCOc1cc(CN2CC[C@H]3[C@H](CCC(=O)N3Cc3ccc(C(F)(F)F)cc3)C2)ccc1OC. The zero-order chi connectivity index (χ0) is 24.3. The number of carbonyl (C=O) groups is 1. The van der Waals surface area contributed by atoms with Gasteiger partial charge in [0.2, 0.25) is 5.91 Å². The highest BCUT2D eigenvalue weighted by Crippen LogP contribution is 2.35. The number of alkyl halides is 3. The van der Waals surface area contributed by atoms with E-state index in [4.69, 9.17) is 9.47 Å². The van der Waals surface area contributed by atoms with Crippen LogP contribution in [0.1, 0.15) is 42.9 Å². The molecule has 0 spiro atoms. The van der Waals surface area contributed by atoms with E-state index in [-0.39, 0.29) is 11.9 Å². The van der Waals surface area contributed by atoms with Gasteiger partial charge < -0.3 is 14.4 Å². The zero-order valence-corrected chi connectivity index (χ0v) is 19.6. The first kappa shape index (κ1) is 24.4. The maximum atomic E-state index is 12.9. The van der Waals surface area contributed by atoms with Crippen molar-refractivity contribution in [3.05, 3.63) is 59.2 Å². The number of halogens is 3. The number of piperidine rings is 2. The maximum Gasteiger partial charge on any atom is 0.416 e. The van der Waals surface area contributed by atoms with E-state index >= 15 is 0 Å². The highest BCUT2D eigenvalue weighted by Gasteiger charge is 2.39. The van der Waals surface area contributed by atoms with Gasteiger partial charge in [-0.25, -0.2) is 0 Å². The number of benzene rings is 2. The Morgan fingerprint density at radius 1 is 1.00 bits per heavy atom. The highest BCUT2D eigenvalue weighted by molar-refractivity contribution is 5.77. The van der Waals surface area contributed by atoms with Crippen LogP contribution < -0.4 is 9.47 Å². The summed E-state index contributed by atoms with van der Waals surface area (Å²) in [5, 5.41) is 0. The minimum Gasteiger partial charge on any atom is -0.493 e. The predicted molar refractivity (Wildman–Crippen MR) is 123 cm³/mol. The summed E-state index contributed by atoms with van der Waals surface area (Å²) in [7, 11) is 1.63. The van der Waals surface area contributed by atoms with Crippen LogP contribution in [0.2, 0.25) is 0 Å². The van der Waals surface area contributed by atoms with Crippen LogP contribution in [0.5, 0.6) is 11.5 Å². The normalized spacial score (nSPS) is 21.3. The average Bonchev–Trinajstić information content (AvgIpc) is 2.81. The molecule has 0 saturated carbocycles. The monoisotopic (exact) mass is 476 g/mol. The largest absolute Gasteiger partial charge is 0.493 e. The van der Waals surface area contributed by atoms with Crippen molar-refractivity contribution in [2.75, 3.05) is 26.8 Å². The van der Waals surface area contributed by atoms with Gasteiger partial charge in [0.05, 0.1) is 19.3 Å². The summed E-state index contributed by atoms with van der Waals surface area (Å²) in [5.41, 5.74) is 1.21. The molecule has 5 nitrogen and oxygen atoms in total. The Morgan fingerprint density at radius 2 is 1.74 bits per heavy atom. The number of nitrogens with zero attached hydrogens (tertiary/aromatic N) is 2. The molecule has 2 atom stereocenters. The Hall–Kier alpha value is -2.74. The number of fused-ring (bicyclic) bond motifs is 1. The summed E-state index contributed by atoms with van der Waals surface area (Å²) in [4.78, 5) is 17.0. The minimum atomic E-state index is -4.36. The van der Waals surface area contributed by atoms with Gasteiger partial charge in [-0.15, -0.1) is 0 Å². The summed E-state index contributed by atoms with van der Waals surface area (Å²) in [6.07, 6.45) is -2.18. The molecule has 2 heterocycles. The van der Waals surface area contributed by atoms with Crippen LogP contribution in [0.15, 0.2) is 42.5 Å². The third-order valence-corrected chi connectivity index (χ3v) is 6.80. The molecule has 2 saturated heterocycles. The molecule has 2 aromatic rings. The van der Waals surface area contributed by atoms with Crippen LogP contribution in [0, 0.1) is 5.92 Å². The van der Waals surface area contributed by atoms with Gasteiger partial charge in [-0.2, -0.15) is 13.2 Å². The third-order valence-electron chi connectivity index (χ3n) is 6.80. The number of amides is 1. The molecule has 8 heteroatoms. The smallest absolute Gasteiger partial charge is 0.416 e. The number of rotatable bonds is 7. The highest BCUT2D eigenvalue weighted by atomic mass is 19.4. The lowest BCUT2D eigenvalue weighted by molar-refractivity contribution is -0.142. The molecule has 0 radical (unpaired) electrons. The fourth-order valence-electron chi connectivity index (χ4n) is 5.12. The molecule has 2 aliphatic rings. The van der Waals surface area contributed by atoms with Crippen LogP contribution in [0.4, 0.5) is 13.2 Å². The molecule has 0 N–H and O–H groups in total. The summed E-state index contributed by atoms with van der Waals surface area (Å²) < 4.78 is 49.7. The molecular weight excluding hydrogens is 445 g/mol. The van der Waals surface area contributed by atoms with Crippen LogP contribution in [0.25, 0.3) is 0 Å². The van der Waals surface area contributed by atoms with Crippen molar-refractivity contribution in [1.29, 1.82) is 0 Å². The van der Waals surface area contributed by atoms with E-state index in [1.807, 2.05) is 24.0 Å². The predicted octanol–water partition coefficient (Wildman–Crippen LogP) is 5.13. The van der Waals surface area contributed by atoms with E-state index < -0.39 is 11.7 Å². The topological polar surface area (TPSA) is 42.0 Å². The standard InChI is InChI=1S/C26H31F3N2O3/c1-3-34-24-14-19(6-10-23(24)33-2)15-30-13-12-22-20(17-30)7-11-25(32)31(22)16-18-4-8-21(9-5-18)26(27,28)29/h4-6,8-10,14,20,22H,3,7,11-13,15-17H2,1-2H3/t20-,22+/m1/s1. The Balaban J connectivity index is 1.40. The summed E-state index contributed by atoms with van der Waals surface area (Å²) in [5.74, 6) is 1.90. The van der Waals surface area contributed by atoms with E-state index in [1.54, 1.807) is 7.11 Å². The summed E-state index contributed by atoms with van der Waals surface area (Å²) in [6, 6.07) is 11.3. The maximum absolute atomic E-state index is 12.9. The van der Waals surface area contributed by atoms with Gasteiger partial charge in [0.15, 0.2) is 11.5 Å². The fraction of sp³-hybridized carbons (Fsp3) is 0.500. The molecule has 2 aromatic carbocycles. The molecule has 0 unspecified atom stereocenters. The zero-order valence-electron chi connectivity index (χ0n) is 19.6. The quantitative estimate of drug-likeness (QED) is 0.556. The van der Waals surface area contributed by atoms with Crippen molar-refractivity contribution < 1.29 is 27.4 Å². The lowest BCUT2D eigenvalue weighted by atomic mass is 9.83. The summed E-state index contributed by atoms with van der Waals surface area (Å²) >= 11 is 0. The molecule has 0 bridgehead atoms. The minimum absolute atomic E-state index is 0.0890. The first-order chi connectivity index (χ1) is 16.3. The second-order valence-corrected chi connectivity index (χ2v) is 9.02. The molecule has 184 valence electrons. The first-order valence-corrected chi connectivity index (χ1v) is 11.8. The number of ether oxygens (including phenoxy) is 2. The number of hydrogen-bond acceptors (Lipinski definition) is 4. The average molecular weight is 477 g/mol. The second kappa shape index (κ2) is 10.3. The van der Waals surface area contributed by atoms with Crippen LogP contribution >= 0.6 is 0 Å². The summed E-state index contributed by atoms with van der Waals surface area (Å²) in [6.45, 7) is 5.40. The van der Waals surface area contributed by atoms with Crippen molar-refractivity contribution in [3.63, 3.8) is 0 Å². The van der Waals surface area contributed by atoms with Crippen LogP contribution in [0.3, 0.4) is 0 Å². The van der Waals surface area contributed by atoms with Gasteiger partial charge in [0.25, 0.3) is 0 Å². The Labute approximate surface area is 198 Å². The molecule has 0 aromatic heterocycles. The van der Waals surface area contributed by atoms with Crippen LogP contribution in [-0.2, 0) is 24.1 Å². The van der Waals surface area contributed by atoms with Crippen molar-refractivity contribution in [2.45, 2.75) is 51.5 Å². The van der Waals surface area contributed by atoms with Gasteiger partial charge in [0.1, 0.15) is 0 Å². The van der Waals surface area contributed by atoms with Gasteiger partial charge in [0, 0.05) is 38.6 Å². The van der Waals surface area contributed by atoms with E-state index in [2.05, 4.69) is 11.0 Å². The third kappa shape index (κ3) is 5.49. The van der Waals surface area contributed by atoms with Crippen molar-refractivity contribution >= 4 is 5.91 Å². The molecule has 0 aliphatic carbocycles. The van der Waals surface area contributed by atoms with Crippen molar-refractivity contribution in [3.8, 4) is 11.5 Å². The lowest BCUT2D eigenvalue weighted by Crippen LogP contribution is -2.55. The lowest BCUT2D eigenvalue weighted by Gasteiger charge is -2.47. The van der Waals surface area contributed by atoms with E-state index in [1.165, 1.54) is 12.1 Å². The van der Waals surface area contributed by atoms with Gasteiger partial charge >= 0.3 is 6.18 Å². The Bertz CT molecular complexity index is 994. The van der Waals surface area contributed by atoms with Gasteiger partial charge in [-0.1, -0.05) is 18.2 Å². The Kier molecular flexibility index (Phi) is 7.36. The number of hydrogen-bond donors (Lipinski definition) is 0. The Morgan fingerprint density at radius 3 is 2.41 bits per heavy atom. The van der Waals surface area contributed by atoms with E-state index in [9.17, 15) is 18.0 Å². The molecule has 2 fully saturated rings. The molecular formula is C26H31F3N2O3. The van der Waals surface area contributed by atoms with Crippen molar-refractivity contribution in [1.82, 2.24) is 9.80 Å². The van der Waals surface area contributed by atoms with Gasteiger partial charge in [-0.05, 0) is 61.1 Å². The first-order valence-electron chi connectivity index (χ1n) is 11.8. The molecule has 34 heavy (non-hydrogen) atoms. The number of methoxy groups -OCH3 is 1. The second-order valence-electron chi connectivity index (χ2n) is 9.02. The van der Waals surface area contributed by atoms with Crippen molar-refractivity contribution in [2.24, 2.45) is 5.92 Å². The van der Waals surface area contributed by atoms with Gasteiger partial charge in [-0.3, -0.25) is 9.69 Å².